The number of halogens is 1. The van der Waals surface area contributed by atoms with Crippen LogP contribution >= 0.6 is 0 Å². The number of anilines is 1. The predicted octanol–water partition coefficient (Wildman–Crippen LogP) is 4.10. The molecule has 0 spiro atoms. The minimum absolute atomic E-state index is 0.265. The summed E-state index contributed by atoms with van der Waals surface area (Å²) in [7, 11) is 1.62. The van der Waals surface area contributed by atoms with Crippen LogP contribution < -0.4 is 15.8 Å². The van der Waals surface area contributed by atoms with E-state index in [4.69, 9.17) is 15.2 Å². The molecule has 8 nitrogen and oxygen atoms in total. The van der Waals surface area contributed by atoms with Crippen LogP contribution in [0.3, 0.4) is 0 Å². The van der Waals surface area contributed by atoms with Crippen LogP contribution in [0.2, 0.25) is 0 Å². The maximum Gasteiger partial charge on any atom is 0.248 e. The number of carbonyl (C=O) groups is 1. The van der Waals surface area contributed by atoms with Gasteiger partial charge in [0.1, 0.15) is 11.6 Å². The fraction of sp³-hybridized carbons (Fsp3) is 0.208. The fourth-order valence-corrected chi connectivity index (χ4v) is 3.51. The van der Waals surface area contributed by atoms with Crippen LogP contribution in [0, 0.1) is 19.7 Å². The lowest BCUT2D eigenvalue weighted by Gasteiger charge is -2.13. The van der Waals surface area contributed by atoms with Gasteiger partial charge < -0.3 is 20.5 Å². The van der Waals surface area contributed by atoms with E-state index < -0.39 is 11.7 Å². The number of hydrogen-bond acceptors (Lipinski definition) is 6. The molecule has 0 aliphatic carbocycles. The molecule has 0 radical (unpaired) electrons. The number of imidazole rings is 1. The average Bonchev–Trinajstić information content (AvgIpc) is 3.20. The quantitative estimate of drug-likeness (QED) is 0.393. The molecule has 0 unspecified atom stereocenters. The SMILES string of the molecule is COCCNc1cc(Oc2cc(F)ccc2C)nn2c(-c3ccc(C(N)=O)c(C)c3)cnc12. The third kappa shape index (κ3) is 4.63. The van der Waals surface area contributed by atoms with Crippen molar-refractivity contribution in [2.45, 2.75) is 13.8 Å². The Kier molecular flexibility index (Phi) is 6.23. The van der Waals surface area contributed by atoms with E-state index in [0.29, 0.717) is 41.5 Å². The molecule has 0 saturated heterocycles. The van der Waals surface area contributed by atoms with E-state index in [-0.39, 0.29) is 5.88 Å². The van der Waals surface area contributed by atoms with Crippen molar-refractivity contribution < 1.29 is 18.7 Å². The van der Waals surface area contributed by atoms with Crippen molar-refractivity contribution in [1.82, 2.24) is 14.6 Å². The Morgan fingerprint density at radius 2 is 1.97 bits per heavy atom. The van der Waals surface area contributed by atoms with Crippen molar-refractivity contribution in [3.63, 3.8) is 0 Å². The molecule has 2 aromatic carbocycles. The van der Waals surface area contributed by atoms with E-state index in [2.05, 4.69) is 15.4 Å². The molecule has 2 aromatic heterocycles. The Balaban J connectivity index is 1.82. The summed E-state index contributed by atoms with van der Waals surface area (Å²) in [6, 6.07) is 11.4. The molecule has 0 aliphatic rings. The summed E-state index contributed by atoms with van der Waals surface area (Å²) in [5.74, 6) is -0.251. The van der Waals surface area contributed by atoms with Crippen LogP contribution in [-0.4, -0.2) is 40.8 Å². The molecule has 170 valence electrons. The van der Waals surface area contributed by atoms with E-state index >= 15 is 0 Å². The third-order valence-electron chi connectivity index (χ3n) is 5.22. The second kappa shape index (κ2) is 9.25. The maximum absolute atomic E-state index is 13.8. The molecule has 0 saturated carbocycles. The van der Waals surface area contributed by atoms with Crippen molar-refractivity contribution in [3.8, 4) is 22.9 Å². The largest absolute Gasteiger partial charge is 0.437 e. The second-order valence-electron chi connectivity index (χ2n) is 7.60. The predicted molar refractivity (Wildman–Crippen MR) is 123 cm³/mol. The fourth-order valence-electron chi connectivity index (χ4n) is 3.51. The molecule has 9 heteroatoms. The number of carbonyl (C=O) groups excluding carboxylic acids is 1. The highest BCUT2D eigenvalue weighted by molar-refractivity contribution is 5.94. The van der Waals surface area contributed by atoms with Crippen LogP contribution in [0.15, 0.2) is 48.7 Å². The van der Waals surface area contributed by atoms with Crippen LogP contribution in [0.1, 0.15) is 21.5 Å². The zero-order valence-electron chi connectivity index (χ0n) is 18.6. The van der Waals surface area contributed by atoms with Crippen molar-refractivity contribution in [1.29, 1.82) is 0 Å². The van der Waals surface area contributed by atoms with Crippen molar-refractivity contribution >= 4 is 17.2 Å². The first kappa shape index (κ1) is 22.2. The monoisotopic (exact) mass is 449 g/mol. The number of nitrogens with one attached hydrogen (secondary N) is 1. The van der Waals surface area contributed by atoms with E-state index in [1.54, 1.807) is 42.1 Å². The number of primary amides is 1. The minimum atomic E-state index is -0.485. The standard InChI is InChI=1S/C24H24FN5O3/c1-14-4-6-17(25)11-21(14)33-22-12-19(27-8-9-32-3)24-28-13-20(30(24)29-22)16-5-7-18(23(26)31)15(2)10-16/h4-7,10-13,27H,8-9H2,1-3H3,(H2,26,31). The summed E-state index contributed by atoms with van der Waals surface area (Å²) in [5, 5.41) is 7.88. The summed E-state index contributed by atoms with van der Waals surface area (Å²) in [6.45, 7) is 4.69. The summed E-state index contributed by atoms with van der Waals surface area (Å²) in [4.78, 5) is 16.1. The smallest absolute Gasteiger partial charge is 0.248 e. The average molecular weight is 449 g/mol. The first-order valence-corrected chi connectivity index (χ1v) is 10.3. The summed E-state index contributed by atoms with van der Waals surface area (Å²) < 4.78 is 26.5. The van der Waals surface area contributed by atoms with Crippen LogP contribution in [0.25, 0.3) is 16.9 Å². The van der Waals surface area contributed by atoms with Gasteiger partial charge in [0.2, 0.25) is 11.8 Å². The Labute approximate surface area is 190 Å². The van der Waals surface area contributed by atoms with Crippen molar-refractivity contribution in [3.05, 3.63) is 71.2 Å². The number of nitrogens with two attached hydrogens (primary N) is 1. The molecule has 4 rings (SSSR count). The Bertz CT molecular complexity index is 1340. The Hall–Kier alpha value is -3.98. The van der Waals surface area contributed by atoms with Gasteiger partial charge in [0.05, 0.1) is 24.2 Å². The topological polar surface area (TPSA) is 104 Å². The molecule has 0 atom stereocenters. The number of fused-ring (bicyclic) bond motifs is 1. The van der Waals surface area contributed by atoms with E-state index in [9.17, 15) is 9.18 Å². The first-order chi connectivity index (χ1) is 15.9. The number of aryl methyl sites for hydroxylation is 2. The molecule has 0 bridgehead atoms. The highest BCUT2D eigenvalue weighted by Gasteiger charge is 2.16. The molecule has 0 fully saturated rings. The lowest BCUT2D eigenvalue weighted by molar-refractivity contribution is 0.0999. The van der Waals surface area contributed by atoms with Crippen LogP contribution in [-0.2, 0) is 4.74 Å². The number of rotatable bonds is 8. The Morgan fingerprint density at radius 3 is 2.70 bits per heavy atom. The molecule has 4 aromatic rings. The number of amides is 1. The normalized spacial score (nSPS) is 11.0. The van der Waals surface area contributed by atoms with E-state index in [1.165, 1.54) is 12.1 Å². The van der Waals surface area contributed by atoms with E-state index in [1.807, 2.05) is 19.9 Å². The lowest BCUT2D eigenvalue weighted by atomic mass is 10.0. The molecule has 2 heterocycles. The highest BCUT2D eigenvalue weighted by Crippen LogP contribution is 2.31. The van der Waals surface area contributed by atoms with Gasteiger partial charge in [-0.3, -0.25) is 4.79 Å². The van der Waals surface area contributed by atoms with Gasteiger partial charge in [0.15, 0.2) is 5.65 Å². The zero-order valence-corrected chi connectivity index (χ0v) is 18.6. The van der Waals surface area contributed by atoms with Gasteiger partial charge >= 0.3 is 0 Å². The number of nitrogens with zero attached hydrogens (tertiary/aromatic N) is 3. The Morgan fingerprint density at radius 1 is 1.15 bits per heavy atom. The minimum Gasteiger partial charge on any atom is -0.437 e. The van der Waals surface area contributed by atoms with Gasteiger partial charge in [0.25, 0.3) is 0 Å². The molecule has 33 heavy (non-hydrogen) atoms. The van der Waals surface area contributed by atoms with Gasteiger partial charge in [-0.05, 0) is 43.2 Å². The number of benzene rings is 2. The second-order valence-corrected chi connectivity index (χ2v) is 7.60. The van der Waals surface area contributed by atoms with Crippen LogP contribution in [0.5, 0.6) is 11.6 Å². The van der Waals surface area contributed by atoms with Gasteiger partial charge in [-0.2, -0.15) is 0 Å². The summed E-state index contributed by atoms with van der Waals surface area (Å²) in [6.07, 6.45) is 1.69. The van der Waals surface area contributed by atoms with Gasteiger partial charge in [0, 0.05) is 36.9 Å². The highest BCUT2D eigenvalue weighted by atomic mass is 19.1. The molecule has 0 aliphatic heterocycles. The van der Waals surface area contributed by atoms with Crippen LogP contribution in [0.4, 0.5) is 10.1 Å². The van der Waals surface area contributed by atoms with Crippen molar-refractivity contribution in [2.24, 2.45) is 5.73 Å². The van der Waals surface area contributed by atoms with E-state index in [0.717, 1.165) is 16.7 Å². The molecule has 1 amide bonds. The molecular formula is C24H24FN5O3. The number of aromatic nitrogens is 3. The number of methoxy groups -OCH3 is 1. The van der Waals surface area contributed by atoms with Crippen molar-refractivity contribution in [2.75, 3.05) is 25.6 Å². The third-order valence-corrected chi connectivity index (χ3v) is 5.22. The lowest BCUT2D eigenvalue weighted by Crippen LogP contribution is -2.12. The molecule has 3 N–H and O–H groups in total. The van der Waals surface area contributed by atoms with Gasteiger partial charge in [-0.1, -0.05) is 12.1 Å². The maximum atomic E-state index is 13.8. The summed E-state index contributed by atoms with van der Waals surface area (Å²) >= 11 is 0. The number of ether oxygens (including phenoxy) is 2. The van der Waals surface area contributed by atoms with Gasteiger partial charge in [-0.25, -0.2) is 13.9 Å². The van der Waals surface area contributed by atoms with Gasteiger partial charge in [-0.15, -0.1) is 5.10 Å². The number of hydrogen-bond donors (Lipinski definition) is 2. The molecular weight excluding hydrogens is 425 g/mol. The zero-order chi connectivity index (χ0) is 23.5. The summed E-state index contributed by atoms with van der Waals surface area (Å²) in [5.41, 5.74) is 10.2. The first-order valence-electron chi connectivity index (χ1n) is 10.3.